The van der Waals surface area contributed by atoms with E-state index >= 15 is 0 Å². The van der Waals surface area contributed by atoms with Crippen molar-refractivity contribution in [3.8, 4) is 0 Å². The van der Waals surface area contributed by atoms with Crippen molar-refractivity contribution in [2.24, 2.45) is 0 Å². The number of hydrogen-bond donors (Lipinski definition) is 3. The molecule has 5 N–H and O–H groups in total. The summed E-state index contributed by atoms with van der Waals surface area (Å²) in [7, 11) is 0. The van der Waals surface area contributed by atoms with E-state index in [1.165, 1.54) is 6.33 Å². The Morgan fingerprint density at radius 1 is 1.32 bits per heavy atom. The Bertz CT molecular complexity index is 680. The third-order valence-electron chi connectivity index (χ3n) is 3.31. The van der Waals surface area contributed by atoms with Crippen LogP contribution in [0.1, 0.15) is 11.3 Å². The van der Waals surface area contributed by atoms with E-state index in [2.05, 4.69) is 15.0 Å². The Balaban J connectivity index is 1.95. The number of rotatable bonds is 1. The lowest BCUT2D eigenvalue weighted by Crippen LogP contribution is -2.35. The summed E-state index contributed by atoms with van der Waals surface area (Å²) in [6, 6.07) is 1.78. The van der Waals surface area contributed by atoms with Crippen molar-refractivity contribution in [3.63, 3.8) is 0 Å². The summed E-state index contributed by atoms with van der Waals surface area (Å²) >= 11 is 0. The molecule has 0 atom stereocenters. The topological polar surface area (TPSA) is 114 Å². The Morgan fingerprint density at radius 2 is 2.16 bits per heavy atom. The molecule has 1 aliphatic heterocycles. The number of nitrogen functional groups attached to an aromatic ring is 2. The van der Waals surface area contributed by atoms with Crippen LogP contribution in [-0.2, 0) is 13.0 Å². The van der Waals surface area contributed by atoms with E-state index in [-0.39, 0.29) is 5.56 Å². The molecular formula is C12H14N6O. The lowest BCUT2D eigenvalue weighted by atomic mass is 10.1. The summed E-state index contributed by atoms with van der Waals surface area (Å²) in [5.41, 5.74) is 14.1. The van der Waals surface area contributed by atoms with Gasteiger partial charge in [0.05, 0.1) is 41.7 Å². The minimum absolute atomic E-state index is 0.0916. The van der Waals surface area contributed by atoms with E-state index in [4.69, 9.17) is 11.5 Å². The predicted octanol–water partition coefficient (Wildman–Crippen LogP) is -0.108. The zero-order valence-electron chi connectivity index (χ0n) is 10.3. The Labute approximate surface area is 109 Å². The van der Waals surface area contributed by atoms with Crippen molar-refractivity contribution >= 4 is 17.2 Å². The molecule has 0 bridgehead atoms. The van der Waals surface area contributed by atoms with Gasteiger partial charge < -0.3 is 21.4 Å². The maximum Gasteiger partial charge on any atom is 0.255 e. The van der Waals surface area contributed by atoms with Crippen molar-refractivity contribution in [2.45, 2.75) is 13.0 Å². The molecule has 7 nitrogen and oxygen atoms in total. The molecule has 3 rings (SSSR count). The molecule has 0 spiro atoms. The molecule has 1 aliphatic rings. The number of pyridine rings is 1. The average molecular weight is 258 g/mol. The van der Waals surface area contributed by atoms with E-state index in [0.29, 0.717) is 23.6 Å². The van der Waals surface area contributed by atoms with Crippen LogP contribution in [0.15, 0.2) is 23.4 Å². The van der Waals surface area contributed by atoms with Crippen LogP contribution in [0, 0.1) is 0 Å². The number of fused-ring (bicyclic) bond motifs is 1. The summed E-state index contributed by atoms with van der Waals surface area (Å²) in [6.07, 6.45) is 3.84. The van der Waals surface area contributed by atoms with Gasteiger partial charge in [0, 0.05) is 13.0 Å². The van der Waals surface area contributed by atoms with Gasteiger partial charge in [-0.05, 0) is 6.07 Å². The van der Waals surface area contributed by atoms with Gasteiger partial charge in [-0.2, -0.15) is 0 Å². The van der Waals surface area contributed by atoms with Crippen molar-refractivity contribution < 1.29 is 0 Å². The van der Waals surface area contributed by atoms with E-state index in [9.17, 15) is 4.79 Å². The van der Waals surface area contributed by atoms with Gasteiger partial charge in [-0.15, -0.1) is 0 Å². The number of hydrogen-bond acceptors (Lipinski definition) is 6. The van der Waals surface area contributed by atoms with Crippen LogP contribution >= 0.6 is 0 Å². The highest BCUT2D eigenvalue weighted by atomic mass is 16.1. The van der Waals surface area contributed by atoms with E-state index < -0.39 is 0 Å². The monoisotopic (exact) mass is 258 g/mol. The van der Waals surface area contributed by atoms with Crippen LogP contribution in [0.25, 0.3) is 0 Å². The number of nitrogens with zero attached hydrogens (tertiary/aromatic N) is 3. The molecule has 0 aromatic carbocycles. The Morgan fingerprint density at radius 3 is 2.95 bits per heavy atom. The molecule has 2 aromatic heterocycles. The number of H-pyrrole nitrogens is 1. The van der Waals surface area contributed by atoms with Crippen LogP contribution in [0.3, 0.4) is 0 Å². The third kappa shape index (κ3) is 1.99. The van der Waals surface area contributed by atoms with E-state index in [0.717, 1.165) is 24.3 Å². The fourth-order valence-electron chi connectivity index (χ4n) is 2.23. The molecule has 0 saturated heterocycles. The van der Waals surface area contributed by atoms with Crippen LogP contribution < -0.4 is 21.9 Å². The fraction of sp³-hybridized carbons (Fsp3) is 0.250. The summed E-state index contributed by atoms with van der Waals surface area (Å²) < 4.78 is 0. The molecular weight excluding hydrogens is 244 g/mol. The Kier molecular flexibility index (Phi) is 2.59. The minimum atomic E-state index is -0.0916. The first-order valence-corrected chi connectivity index (χ1v) is 5.96. The van der Waals surface area contributed by atoms with Gasteiger partial charge >= 0.3 is 0 Å². The number of nitrogens with two attached hydrogens (primary N) is 2. The average Bonchev–Trinajstić information content (AvgIpc) is 2.42. The predicted molar refractivity (Wildman–Crippen MR) is 72.7 cm³/mol. The second-order valence-electron chi connectivity index (χ2n) is 4.50. The first-order valence-electron chi connectivity index (χ1n) is 5.96. The zero-order valence-corrected chi connectivity index (χ0v) is 10.3. The number of aromatic nitrogens is 3. The van der Waals surface area contributed by atoms with Gasteiger partial charge in [-0.1, -0.05) is 0 Å². The highest BCUT2D eigenvalue weighted by Gasteiger charge is 2.20. The lowest BCUT2D eigenvalue weighted by Gasteiger charge is -2.29. The third-order valence-corrected chi connectivity index (χ3v) is 3.31. The molecule has 19 heavy (non-hydrogen) atoms. The molecule has 2 aromatic rings. The van der Waals surface area contributed by atoms with Crippen molar-refractivity contribution in [3.05, 3.63) is 40.2 Å². The summed E-state index contributed by atoms with van der Waals surface area (Å²) in [6.45, 7) is 1.28. The lowest BCUT2D eigenvalue weighted by molar-refractivity contribution is 0.696. The smallest absolute Gasteiger partial charge is 0.255 e. The normalized spacial score (nSPS) is 14.2. The fourth-order valence-corrected chi connectivity index (χ4v) is 2.23. The van der Waals surface area contributed by atoms with E-state index in [1.54, 1.807) is 12.3 Å². The van der Waals surface area contributed by atoms with Crippen molar-refractivity contribution in [1.82, 2.24) is 15.0 Å². The van der Waals surface area contributed by atoms with Gasteiger partial charge in [0.2, 0.25) is 0 Å². The highest BCUT2D eigenvalue weighted by molar-refractivity contribution is 5.65. The summed E-state index contributed by atoms with van der Waals surface area (Å²) in [5, 5.41) is 0. The first kappa shape index (κ1) is 11.5. The largest absolute Gasteiger partial charge is 0.396 e. The minimum Gasteiger partial charge on any atom is -0.396 e. The summed E-state index contributed by atoms with van der Waals surface area (Å²) in [5.74, 6) is 0.320. The SMILES string of the molecule is Nc1cc(N2CCc3nc[nH]c(=O)c3C2)cnc1N. The molecule has 3 heterocycles. The van der Waals surface area contributed by atoms with Crippen LogP contribution in [0.5, 0.6) is 0 Å². The molecule has 0 radical (unpaired) electrons. The molecule has 7 heteroatoms. The van der Waals surface area contributed by atoms with Gasteiger partial charge in [0.15, 0.2) is 0 Å². The second kappa shape index (κ2) is 4.27. The molecule has 0 saturated carbocycles. The van der Waals surface area contributed by atoms with Gasteiger partial charge in [0.25, 0.3) is 5.56 Å². The van der Waals surface area contributed by atoms with Crippen LogP contribution in [0.4, 0.5) is 17.2 Å². The molecule has 0 unspecified atom stereocenters. The number of nitrogens with one attached hydrogen (secondary N) is 1. The van der Waals surface area contributed by atoms with Crippen molar-refractivity contribution in [1.29, 1.82) is 0 Å². The Hall–Kier alpha value is -2.57. The van der Waals surface area contributed by atoms with Gasteiger partial charge in [-0.3, -0.25) is 4.79 Å². The molecule has 0 amide bonds. The molecule has 0 fully saturated rings. The van der Waals surface area contributed by atoms with Gasteiger partial charge in [0.1, 0.15) is 5.82 Å². The maximum absolute atomic E-state index is 11.8. The summed E-state index contributed by atoms with van der Waals surface area (Å²) in [4.78, 5) is 24.7. The van der Waals surface area contributed by atoms with Crippen molar-refractivity contribution in [2.75, 3.05) is 22.9 Å². The maximum atomic E-state index is 11.8. The number of aromatic amines is 1. The first-order chi connectivity index (χ1) is 9.15. The quantitative estimate of drug-likeness (QED) is 0.657. The standard InChI is InChI=1S/C12H14N6O/c13-9-3-7(4-15-11(9)14)18-2-1-10-8(5-18)12(19)17-6-16-10/h3-4,6H,1-2,5,13H2,(H2,14,15)(H,16,17,19). The van der Waals surface area contributed by atoms with E-state index in [1.807, 2.05) is 4.90 Å². The zero-order chi connectivity index (χ0) is 13.4. The molecule has 0 aliphatic carbocycles. The number of anilines is 3. The van der Waals surface area contributed by atoms with Gasteiger partial charge in [-0.25, -0.2) is 9.97 Å². The highest BCUT2D eigenvalue weighted by Crippen LogP contribution is 2.24. The van der Waals surface area contributed by atoms with Crippen LogP contribution in [0.2, 0.25) is 0 Å². The molecule has 98 valence electrons. The van der Waals surface area contributed by atoms with Crippen LogP contribution in [-0.4, -0.2) is 21.5 Å². The second-order valence-corrected chi connectivity index (χ2v) is 4.50.